The van der Waals surface area contributed by atoms with Crippen molar-refractivity contribution < 1.29 is 0 Å². The molecule has 1 aliphatic carbocycles. The average Bonchev–Trinajstić information content (AvgIpc) is 2.90. The van der Waals surface area contributed by atoms with E-state index in [9.17, 15) is 0 Å². The fraction of sp³-hybridized carbons (Fsp3) is 0.600. The largest absolute Gasteiger partial charge is 0.241 e. The first-order valence-electron chi connectivity index (χ1n) is 6.82. The molecule has 0 saturated heterocycles. The van der Waals surface area contributed by atoms with E-state index < -0.39 is 0 Å². The van der Waals surface area contributed by atoms with Crippen molar-refractivity contribution in [3.8, 4) is 0 Å². The van der Waals surface area contributed by atoms with Crippen molar-refractivity contribution in [2.24, 2.45) is 0 Å². The average molecular weight is 249 g/mol. The van der Waals surface area contributed by atoms with Gasteiger partial charge in [-0.05, 0) is 50.3 Å². The molecule has 1 unspecified atom stereocenters. The second kappa shape index (κ2) is 6.46. The molecule has 2 heteroatoms. The second-order valence-electron chi connectivity index (χ2n) is 4.96. The van der Waals surface area contributed by atoms with Gasteiger partial charge in [0.05, 0.1) is 0 Å². The molecule has 0 aromatic heterocycles. The molecule has 1 atom stereocenters. The van der Waals surface area contributed by atoms with Crippen molar-refractivity contribution in [3.63, 3.8) is 0 Å². The third-order valence-corrected chi connectivity index (χ3v) is 5.02. The minimum Gasteiger partial charge on any atom is -0.241 e. The van der Waals surface area contributed by atoms with Crippen molar-refractivity contribution in [1.29, 1.82) is 0 Å². The molecule has 1 fully saturated rings. The Balaban J connectivity index is 2.05. The van der Waals surface area contributed by atoms with Gasteiger partial charge in [0.15, 0.2) is 0 Å². The summed E-state index contributed by atoms with van der Waals surface area (Å²) in [6.07, 6.45) is 6.81. The first kappa shape index (κ1) is 13.0. The second-order valence-corrected chi connectivity index (χ2v) is 6.04. The fourth-order valence-electron chi connectivity index (χ4n) is 2.47. The van der Waals surface area contributed by atoms with E-state index in [1.165, 1.54) is 37.0 Å². The van der Waals surface area contributed by atoms with Crippen LogP contribution < -0.4 is 0 Å². The minimum atomic E-state index is 0.670. The Labute approximate surface area is 110 Å². The summed E-state index contributed by atoms with van der Waals surface area (Å²) in [7, 11) is 0. The van der Waals surface area contributed by atoms with Gasteiger partial charge < -0.3 is 0 Å². The predicted molar refractivity (Wildman–Crippen MR) is 76.1 cm³/mol. The molecule has 1 saturated carbocycles. The van der Waals surface area contributed by atoms with Crippen molar-refractivity contribution in [2.45, 2.75) is 62.9 Å². The summed E-state index contributed by atoms with van der Waals surface area (Å²) < 4.78 is 2.64. The van der Waals surface area contributed by atoms with E-state index in [0.29, 0.717) is 6.04 Å². The minimum absolute atomic E-state index is 0.670. The van der Waals surface area contributed by atoms with Crippen molar-refractivity contribution in [3.05, 3.63) is 30.3 Å². The first-order chi connectivity index (χ1) is 8.31. The molecule has 1 aliphatic rings. The highest BCUT2D eigenvalue weighted by Gasteiger charge is 2.26. The van der Waals surface area contributed by atoms with Crippen LogP contribution in [0.3, 0.4) is 0 Å². The van der Waals surface area contributed by atoms with E-state index in [-0.39, 0.29) is 0 Å². The fourth-order valence-corrected chi connectivity index (χ4v) is 3.68. The zero-order valence-corrected chi connectivity index (χ0v) is 11.7. The maximum absolute atomic E-state index is 2.64. The summed E-state index contributed by atoms with van der Waals surface area (Å²) in [5.41, 5.74) is 0. The van der Waals surface area contributed by atoms with E-state index in [2.05, 4.69) is 48.5 Å². The number of hydrogen-bond donors (Lipinski definition) is 0. The van der Waals surface area contributed by atoms with Crippen LogP contribution in [-0.2, 0) is 0 Å². The van der Waals surface area contributed by atoms with Crippen molar-refractivity contribution in [2.75, 3.05) is 0 Å². The number of hydrogen-bond acceptors (Lipinski definition) is 2. The summed E-state index contributed by atoms with van der Waals surface area (Å²) in [4.78, 5) is 1.37. The molecular weight excluding hydrogens is 226 g/mol. The Hall–Kier alpha value is -0.470. The molecule has 1 aromatic carbocycles. The highest BCUT2D eigenvalue weighted by atomic mass is 32.2. The molecular formula is C15H23NS. The monoisotopic (exact) mass is 249 g/mol. The van der Waals surface area contributed by atoms with Gasteiger partial charge in [-0.15, -0.1) is 0 Å². The summed E-state index contributed by atoms with van der Waals surface area (Å²) >= 11 is 1.95. The van der Waals surface area contributed by atoms with Crippen molar-refractivity contribution >= 4 is 11.9 Å². The smallest absolute Gasteiger partial charge is 0.0230 e. The molecule has 0 spiro atoms. The van der Waals surface area contributed by atoms with Gasteiger partial charge in [0, 0.05) is 17.0 Å². The van der Waals surface area contributed by atoms with Gasteiger partial charge in [0.2, 0.25) is 0 Å². The summed E-state index contributed by atoms with van der Waals surface area (Å²) in [5.74, 6) is 0. The van der Waals surface area contributed by atoms with Crippen molar-refractivity contribution in [1.82, 2.24) is 4.31 Å². The van der Waals surface area contributed by atoms with Gasteiger partial charge in [-0.25, -0.2) is 4.31 Å². The Bertz CT molecular complexity index is 319. The van der Waals surface area contributed by atoms with Gasteiger partial charge in [0.25, 0.3) is 0 Å². The van der Waals surface area contributed by atoms with Crippen LogP contribution in [0.1, 0.15) is 46.0 Å². The Kier molecular flexibility index (Phi) is 4.93. The molecule has 94 valence electrons. The molecule has 0 amide bonds. The quantitative estimate of drug-likeness (QED) is 0.694. The van der Waals surface area contributed by atoms with E-state index in [1.54, 1.807) is 0 Å². The lowest BCUT2D eigenvalue weighted by molar-refractivity contribution is 0.283. The summed E-state index contributed by atoms with van der Waals surface area (Å²) in [6.45, 7) is 4.65. The van der Waals surface area contributed by atoms with Crippen LogP contribution >= 0.6 is 11.9 Å². The van der Waals surface area contributed by atoms with Gasteiger partial charge in [0.1, 0.15) is 0 Å². The molecule has 0 aliphatic heterocycles. The van der Waals surface area contributed by atoms with Gasteiger partial charge in [-0.3, -0.25) is 0 Å². The lowest BCUT2D eigenvalue weighted by atomic mass is 10.2. The lowest BCUT2D eigenvalue weighted by Gasteiger charge is -2.32. The third kappa shape index (κ3) is 3.49. The molecule has 0 N–H and O–H groups in total. The van der Waals surface area contributed by atoms with Crippen LogP contribution in [0.25, 0.3) is 0 Å². The van der Waals surface area contributed by atoms with Crippen LogP contribution in [0, 0.1) is 0 Å². The zero-order chi connectivity index (χ0) is 12.1. The van der Waals surface area contributed by atoms with E-state index >= 15 is 0 Å². The summed E-state index contributed by atoms with van der Waals surface area (Å²) in [6, 6.07) is 12.2. The van der Waals surface area contributed by atoms with Gasteiger partial charge in [-0.1, -0.05) is 38.0 Å². The zero-order valence-electron chi connectivity index (χ0n) is 10.9. The Morgan fingerprint density at radius 2 is 1.88 bits per heavy atom. The lowest BCUT2D eigenvalue weighted by Crippen LogP contribution is -2.34. The highest BCUT2D eigenvalue weighted by molar-refractivity contribution is 7.97. The Morgan fingerprint density at radius 3 is 2.47 bits per heavy atom. The predicted octanol–water partition coefficient (Wildman–Crippen LogP) is 4.74. The van der Waals surface area contributed by atoms with Crippen LogP contribution in [0.15, 0.2) is 35.2 Å². The van der Waals surface area contributed by atoms with Crippen LogP contribution in [0.5, 0.6) is 0 Å². The van der Waals surface area contributed by atoms with Crippen LogP contribution in [0.2, 0.25) is 0 Å². The van der Waals surface area contributed by atoms with E-state index in [0.717, 1.165) is 6.04 Å². The maximum atomic E-state index is 2.64. The highest BCUT2D eigenvalue weighted by Crippen LogP contribution is 2.34. The summed E-state index contributed by atoms with van der Waals surface area (Å²) in [5, 5.41) is 0. The molecule has 17 heavy (non-hydrogen) atoms. The molecule has 1 aromatic rings. The molecule has 0 radical (unpaired) electrons. The van der Waals surface area contributed by atoms with Crippen LogP contribution in [0.4, 0.5) is 0 Å². The molecule has 0 heterocycles. The number of nitrogens with zero attached hydrogens (tertiary/aromatic N) is 1. The van der Waals surface area contributed by atoms with E-state index in [1.807, 2.05) is 11.9 Å². The number of rotatable bonds is 5. The van der Waals surface area contributed by atoms with Gasteiger partial charge in [-0.2, -0.15) is 0 Å². The molecule has 0 bridgehead atoms. The van der Waals surface area contributed by atoms with E-state index in [4.69, 9.17) is 0 Å². The molecule has 2 rings (SSSR count). The van der Waals surface area contributed by atoms with Gasteiger partial charge >= 0.3 is 0 Å². The first-order valence-corrected chi connectivity index (χ1v) is 7.60. The SMILES string of the molecule is CCC(C)N(Sc1ccccc1)C1CCCC1. The van der Waals surface area contributed by atoms with Crippen LogP contribution in [-0.4, -0.2) is 16.4 Å². The standard InChI is InChI=1S/C15H23NS/c1-3-13(2)16(14-9-7-8-10-14)17-15-11-5-4-6-12-15/h4-6,11-14H,3,7-10H2,1-2H3. The number of benzene rings is 1. The maximum Gasteiger partial charge on any atom is 0.0230 e. The Morgan fingerprint density at radius 1 is 1.24 bits per heavy atom. The third-order valence-electron chi connectivity index (χ3n) is 3.66. The molecule has 1 nitrogen and oxygen atoms in total. The topological polar surface area (TPSA) is 3.24 Å². The normalized spacial score (nSPS) is 18.8.